The fourth-order valence-corrected chi connectivity index (χ4v) is 3.66. The van der Waals surface area contributed by atoms with E-state index in [0.29, 0.717) is 8.64 Å². The average Bonchev–Trinajstić information content (AvgIpc) is 2.67. The molecule has 0 aromatic heterocycles. The predicted molar refractivity (Wildman–Crippen MR) is 138 cm³/mol. The van der Waals surface area contributed by atoms with E-state index in [1.54, 1.807) is 0 Å². The minimum atomic E-state index is 0. The molecule has 0 saturated heterocycles. The molecule has 7 heteroatoms. The second-order valence-corrected chi connectivity index (χ2v) is 8.28. The first-order valence-corrected chi connectivity index (χ1v) is 11.2. The van der Waals surface area contributed by atoms with Gasteiger partial charge in [0.1, 0.15) is 0 Å². The first kappa shape index (κ1) is 28.3. The minimum Gasteiger partial charge on any atom is -0.411 e. The topological polar surface area (TPSA) is 24.1 Å². The molecule has 0 aliphatic rings. The Morgan fingerprint density at radius 2 is 1.03 bits per heavy atom. The molecular formula is C22H28N2S4Zn. The van der Waals surface area contributed by atoms with Crippen LogP contribution in [0.5, 0.6) is 0 Å². The predicted octanol–water partition coefficient (Wildman–Crippen LogP) is 6.11. The number of aryl methyl sites for hydroxylation is 2. The maximum Gasteiger partial charge on any atom is 2.00 e. The van der Waals surface area contributed by atoms with Crippen LogP contribution in [-0.2, 0) is 70.4 Å². The number of nitrogens with one attached hydrogen (secondary N) is 2. The van der Waals surface area contributed by atoms with Crippen LogP contribution in [0, 0.1) is 0 Å². The molecule has 0 heterocycles. The summed E-state index contributed by atoms with van der Waals surface area (Å²) in [6, 6.07) is 12.4. The minimum absolute atomic E-state index is 0. The molecule has 0 atom stereocenters. The van der Waals surface area contributed by atoms with Gasteiger partial charge in [-0.15, -0.1) is 0 Å². The van der Waals surface area contributed by atoms with Gasteiger partial charge in [-0.25, -0.2) is 0 Å². The summed E-state index contributed by atoms with van der Waals surface area (Å²) in [5.74, 6) is 0. The quantitative estimate of drug-likeness (QED) is 0.275. The van der Waals surface area contributed by atoms with Gasteiger partial charge in [-0.1, -0.05) is 60.6 Å². The summed E-state index contributed by atoms with van der Waals surface area (Å²) in [6.45, 7) is 8.60. The Bertz CT molecular complexity index is 742. The van der Waals surface area contributed by atoms with Crippen molar-refractivity contribution in [3.05, 3.63) is 58.7 Å². The zero-order valence-corrected chi connectivity index (χ0v) is 23.9. The van der Waals surface area contributed by atoms with E-state index in [4.69, 9.17) is 49.7 Å². The van der Waals surface area contributed by atoms with Crippen molar-refractivity contribution in [1.82, 2.24) is 0 Å². The third-order valence-electron chi connectivity index (χ3n) is 4.49. The second kappa shape index (κ2) is 15.1. The first-order valence-electron chi connectivity index (χ1n) is 9.55. The summed E-state index contributed by atoms with van der Waals surface area (Å²) in [5, 5.41) is 6.09. The van der Waals surface area contributed by atoms with Crippen LogP contribution in [-0.4, -0.2) is 8.64 Å². The summed E-state index contributed by atoms with van der Waals surface area (Å²) in [5.41, 5.74) is 7.50. The van der Waals surface area contributed by atoms with Crippen LogP contribution >= 0.6 is 24.4 Å². The molecule has 152 valence electrons. The molecule has 0 amide bonds. The van der Waals surface area contributed by atoms with Gasteiger partial charge in [0.15, 0.2) is 0 Å². The molecule has 2 aromatic carbocycles. The molecule has 0 radical (unpaired) electrons. The van der Waals surface area contributed by atoms with Crippen LogP contribution in [0.4, 0.5) is 11.4 Å². The van der Waals surface area contributed by atoms with Gasteiger partial charge in [-0.3, -0.25) is 0 Å². The van der Waals surface area contributed by atoms with Crippen LogP contribution in [0.15, 0.2) is 36.4 Å². The molecule has 2 nitrogen and oxygen atoms in total. The van der Waals surface area contributed by atoms with E-state index in [-0.39, 0.29) is 19.5 Å². The normalized spacial score (nSPS) is 9.52. The Labute approximate surface area is 210 Å². The Morgan fingerprint density at radius 1 is 0.690 bits per heavy atom. The summed E-state index contributed by atoms with van der Waals surface area (Å²) in [4.78, 5) is 0. The van der Waals surface area contributed by atoms with E-state index < -0.39 is 0 Å². The maximum atomic E-state index is 4.87. The molecule has 2 aromatic rings. The van der Waals surface area contributed by atoms with Crippen molar-refractivity contribution in [2.75, 3.05) is 10.6 Å². The fraction of sp³-hybridized carbons (Fsp3) is 0.364. The summed E-state index contributed by atoms with van der Waals surface area (Å²) in [6.07, 6.45) is 4.10. The molecule has 0 unspecified atom stereocenters. The van der Waals surface area contributed by atoms with Crippen LogP contribution in [0.25, 0.3) is 0 Å². The molecule has 2 N–H and O–H groups in total. The van der Waals surface area contributed by atoms with Crippen LogP contribution in [0.1, 0.15) is 49.9 Å². The third kappa shape index (κ3) is 9.31. The second-order valence-electron chi connectivity index (χ2n) is 6.13. The molecule has 2 rings (SSSR count). The third-order valence-corrected chi connectivity index (χ3v) is 4.90. The number of anilines is 2. The van der Waals surface area contributed by atoms with E-state index in [1.807, 2.05) is 24.3 Å². The standard InChI is InChI=1S/2C11H15NS2.Zn/c2*1-3-8-6-5-7-10(9(8)4-2)12-11(13)14;/h2*5-7H,3-4H2,1-2H3,(H2,12,13,14);/q;;+2/p-2. The fourth-order valence-electron chi connectivity index (χ4n) is 3.22. The van der Waals surface area contributed by atoms with Gasteiger partial charge in [0.05, 0.1) is 0 Å². The number of hydrogen-bond donors (Lipinski definition) is 2. The Balaban J connectivity index is 0.000000523. The molecule has 0 bridgehead atoms. The number of hydrogen-bond acceptors (Lipinski definition) is 4. The maximum absolute atomic E-state index is 4.87. The van der Waals surface area contributed by atoms with Crippen molar-refractivity contribution in [2.45, 2.75) is 53.4 Å². The van der Waals surface area contributed by atoms with Gasteiger partial charge < -0.3 is 60.3 Å². The Kier molecular flexibility index (Phi) is 14.8. The van der Waals surface area contributed by atoms with Crippen LogP contribution in [0.3, 0.4) is 0 Å². The smallest absolute Gasteiger partial charge is 0.411 e. The van der Waals surface area contributed by atoms with E-state index in [2.05, 4.69) is 50.5 Å². The molecule has 0 spiro atoms. The largest absolute Gasteiger partial charge is 2.00 e. The molecular weight excluding hydrogens is 486 g/mol. The number of thiocarbonyl (C=S) groups is 2. The SMILES string of the molecule is CCc1cccc(NC(=S)[S-])c1CC.CCc1cccc(NC(=S)[S-])c1CC.[Zn+2]. The first-order chi connectivity index (χ1) is 13.4. The Hall–Kier alpha value is -0.717. The van der Waals surface area contributed by atoms with Crippen molar-refractivity contribution >= 4 is 69.7 Å². The van der Waals surface area contributed by atoms with E-state index in [9.17, 15) is 0 Å². The van der Waals surface area contributed by atoms with E-state index in [0.717, 1.165) is 37.1 Å². The van der Waals surface area contributed by atoms with Crippen molar-refractivity contribution in [3.63, 3.8) is 0 Å². The van der Waals surface area contributed by atoms with Gasteiger partial charge in [0.25, 0.3) is 0 Å². The monoisotopic (exact) mass is 512 g/mol. The van der Waals surface area contributed by atoms with Gasteiger partial charge in [0.2, 0.25) is 0 Å². The Morgan fingerprint density at radius 3 is 1.28 bits per heavy atom. The molecule has 0 saturated carbocycles. The molecule has 29 heavy (non-hydrogen) atoms. The van der Waals surface area contributed by atoms with E-state index in [1.165, 1.54) is 22.3 Å². The van der Waals surface area contributed by atoms with Crippen LogP contribution < -0.4 is 10.6 Å². The zero-order chi connectivity index (χ0) is 21.1. The van der Waals surface area contributed by atoms with Gasteiger partial charge in [-0.05, 0) is 60.1 Å². The number of rotatable bonds is 6. The van der Waals surface area contributed by atoms with E-state index >= 15 is 0 Å². The zero-order valence-electron chi connectivity index (χ0n) is 17.6. The average molecular weight is 514 g/mol. The van der Waals surface area contributed by atoms with Crippen molar-refractivity contribution in [1.29, 1.82) is 0 Å². The van der Waals surface area contributed by atoms with Crippen molar-refractivity contribution in [2.24, 2.45) is 0 Å². The number of benzene rings is 2. The molecule has 0 aliphatic heterocycles. The molecule has 0 fully saturated rings. The van der Waals surface area contributed by atoms with Gasteiger partial charge >= 0.3 is 19.5 Å². The summed E-state index contributed by atoms with van der Waals surface area (Å²) >= 11 is 19.5. The summed E-state index contributed by atoms with van der Waals surface area (Å²) in [7, 11) is 0. The van der Waals surface area contributed by atoms with Crippen LogP contribution in [0.2, 0.25) is 0 Å². The van der Waals surface area contributed by atoms with Crippen molar-refractivity contribution < 1.29 is 19.5 Å². The molecule has 0 aliphatic carbocycles. The van der Waals surface area contributed by atoms with Gasteiger partial charge in [-0.2, -0.15) is 0 Å². The van der Waals surface area contributed by atoms with Crippen molar-refractivity contribution in [3.8, 4) is 0 Å². The van der Waals surface area contributed by atoms with Gasteiger partial charge in [0, 0.05) is 11.4 Å². The summed E-state index contributed by atoms with van der Waals surface area (Å²) < 4.78 is 0.820.